The van der Waals surface area contributed by atoms with Crippen molar-refractivity contribution >= 4 is 32.0 Å². The van der Waals surface area contributed by atoms with Crippen LogP contribution in [0.1, 0.15) is 36.8 Å². The Kier molecular flexibility index (Phi) is 7.86. The number of sulfonamides is 1. The van der Waals surface area contributed by atoms with Crippen molar-refractivity contribution in [3.63, 3.8) is 0 Å². The van der Waals surface area contributed by atoms with Crippen molar-refractivity contribution in [3.8, 4) is 33.6 Å². The molecule has 230 valence electrons. The molecule has 0 aliphatic heterocycles. The standard InChI is InChI=1S/C33H33FN8O2S/c1-45(43,44)39-15-21-6-23(9-26(34)8-21)29-18-37-19-31-27(29)11-30(40-31)32-28-10-25(17-38-33(28)42-41-32)24-7-22(14-36-16-24)13-35-12-20-4-2-3-5-20/h6-11,14,16-20,35,39-40H,2-5,12-13,15H2,1H3,(H,38,41,42). The molecule has 6 aromatic rings. The van der Waals surface area contributed by atoms with Gasteiger partial charge in [0.25, 0.3) is 0 Å². The first-order valence-electron chi connectivity index (χ1n) is 15.0. The molecule has 7 rings (SSSR count). The van der Waals surface area contributed by atoms with Crippen molar-refractivity contribution in [1.29, 1.82) is 0 Å². The highest BCUT2D eigenvalue weighted by atomic mass is 32.2. The fraction of sp³-hybridized carbons (Fsp3) is 0.273. The van der Waals surface area contributed by atoms with Crippen molar-refractivity contribution in [2.24, 2.45) is 5.92 Å². The zero-order chi connectivity index (χ0) is 31.0. The van der Waals surface area contributed by atoms with E-state index in [9.17, 15) is 12.8 Å². The third-order valence-electron chi connectivity index (χ3n) is 8.40. The Morgan fingerprint density at radius 2 is 1.67 bits per heavy atom. The van der Waals surface area contributed by atoms with Gasteiger partial charge in [-0.05, 0) is 78.4 Å². The van der Waals surface area contributed by atoms with E-state index in [0.717, 1.165) is 69.6 Å². The third-order valence-corrected chi connectivity index (χ3v) is 9.07. The second-order valence-electron chi connectivity index (χ2n) is 11.8. The van der Waals surface area contributed by atoms with E-state index in [1.54, 1.807) is 18.5 Å². The van der Waals surface area contributed by atoms with Gasteiger partial charge in [0.1, 0.15) is 5.82 Å². The Morgan fingerprint density at radius 3 is 2.51 bits per heavy atom. The Morgan fingerprint density at radius 1 is 0.867 bits per heavy atom. The summed E-state index contributed by atoms with van der Waals surface area (Å²) >= 11 is 0. The lowest BCUT2D eigenvalue weighted by atomic mass is 10.0. The molecule has 1 fully saturated rings. The first-order chi connectivity index (χ1) is 21.8. The van der Waals surface area contributed by atoms with Crippen LogP contribution in [0.5, 0.6) is 0 Å². The lowest BCUT2D eigenvalue weighted by Crippen LogP contribution is -2.21. The summed E-state index contributed by atoms with van der Waals surface area (Å²) in [6.45, 7) is 1.80. The maximum atomic E-state index is 14.6. The van der Waals surface area contributed by atoms with Crippen molar-refractivity contribution in [3.05, 3.63) is 84.3 Å². The number of aromatic amines is 2. The SMILES string of the molecule is CS(=O)(=O)NCc1cc(F)cc(-c2cncc3[nH]c(-c4[nH]nc5ncc(-c6cncc(CNCC7CCCC7)c6)cc45)cc23)c1. The number of fused-ring (bicyclic) bond motifs is 2. The number of hydrogen-bond donors (Lipinski definition) is 4. The van der Waals surface area contributed by atoms with Gasteiger partial charge in [-0.1, -0.05) is 12.8 Å². The van der Waals surface area contributed by atoms with Crippen LogP contribution in [0.4, 0.5) is 4.39 Å². The number of nitrogens with zero attached hydrogens (tertiary/aromatic N) is 4. The molecule has 0 spiro atoms. The number of H-pyrrole nitrogens is 2. The first-order valence-corrected chi connectivity index (χ1v) is 16.9. The van der Waals surface area contributed by atoms with Crippen molar-refractivity contribution < 1.29 is 12.8 Å². The number of hydrogen-bond acceptors (Lipinski definition) is 7. The average molecular weight is 625 g/mol. The Bertz CT molecular complexity index is 2120. The average Bonchev–Trinajstić information content (AvgIpc) is 3.79. The molecule has 0 unspecified atom stereocenters. The Balaban J connectivity index is 1.19. The molecular formula is C33H33FN8O2S. The molecule has 12 heteroatoms. The molecule has 1 saturated carbocycles. The second-order valence-corrected chi connectivity index (χ2v) is 13.7. The van der Waals surface area contributed by atoms with Crippen LogP contribution in [0.2, 0.25) is 0 Å². The molecule has 0 saturated heterocycles. The monoisotopic (exact) mass is 624 g/mol. The van der Waals surface area contributed by atoms with Crippen LogP contribution in [-0.2, 0) is 23.1 Å². The van der Waals surface area contributed by atoms with E-state index in [1.807, 2.05) is 24.7 Å². The van der Waals surface area contributed by atoms with E-state index in [4.69, 9.17) is 0 Å². The molecule has 5 heterocycles. The number of pyridine rings is 3. The summed E-state index contributed by atoms with van der Waals surface area (Å²) in [5.41, 5.74) is 7.73. The van der Waals surface area contributed by atoms with E-state index >= 15 is 0 Å². The van der Waals surface area contributed by atoms with Crippen LogP contribution in [0.25, 0.3) is 55.6 Å². The zero-order valence-electron chi connectivity index (χ0n) is 24.8. The minimum Gasteiger partial charge on any atom is -0.352 e. The van der Waals surface area contributed by atoms with Gasteiger partial charge in [-0.15, -0.1) is 0 Å². The summed E-state index contributed by atoms with van der Waals surface area (Å²) < 4.78 is 40.2. The van der Waals surface area contributed by atoms with Crippen molar-refractivity contribution in [1.82, 2.24) is 40.2 Å². The molecule has 0 atom stereocenters. The van der Waals surface area contributed by atoms with Gasteiger partial charge >= 0.3 is 0 Å². The third kappa shape index (κ3) is 6.48. The van der Waals surface area contributed by atoms with Gasteiger partial charge in [0.15, 0.2) is 5.65 Å². The zero-order valence-corrected chi connectivity index (χ0v) is 25.6. The van der Waals surface area contributed by atoms with E-state index in [2.05, 4.69) is 52.3 Å². The molecule has 45 heavy (non-hydrogen) atoms. The lowest BCUT2D eigenvalue weighted by Gasteiger charge is -2.11. The van der Waals surface area contributed by atoms with E-state index in [0.29, 0.717) is 22.3 Å². The molecule has 0 amide bonds. The van der Waals surface area contributed by atoms with Crippen LogP contribution in [0.3, 0.4) is 0 Å². The maximum absolute atomic E-state index is 14.6. The highest BCUT2D eigenvalue weighted by Gasteiger charge is 2.17. The molecule has 4 N–H and O–H groups in total. The molecule has 5 aromatic heterocycles. The van der Waals surface area contributed by atoms with Gasteiger partial charge < -0.3 is 10.3 Å². The Labute approximate surface area is 260 Å². The van der Waals surface area contributed by atoms with Gasteiger partial charge in [0.05, 0.1) is 29.4 Å². The predicted octanol–water partition coefficient (Wildman–Crippen LogP) is 5.70. The van der Waals surface area contributed by atoms with Crippen molar-refractivity contribution in [2.45, 2.75) is 38.8 Å². The van der Waals surface area contributed by atoms with Crippen LogP contribution < -0.4 is 10.0 Å². The maximum Gasteiger partial charge on any atom is 0.209 e. The number of halogens is 1. The van der Waals surface area contributed by atoms with Gasteiger partial charge in [-0.2, -0.15) is 5.10 Å². The Hall–Kier alpha value is -4.52. The minimum absolute atomic E-state index is 0.0176. The highest BCUT2D eigenvalue weighted by Crippen LogP contribution is 2.35. The highest BCUT2D eigenvalue weighted by molar-refractivity contribution is 7.88. The minimum atomic E-state index is -3.43. The second kappa shape index (κ2) is 12.1. The van der Waals surface area contributed by atoms with Crippen molar-refractivity contribution in [2.75, 3.05) is 12.8 Å². The molecule has 0 radical (unpaired) electrons. The summed E-state index contributed by atoms with van der Waals surface area (Å²) in [6, 6.07) is 10.7. The molecular weight excluding hydrogens is 591 g/mol. The fourth-order valence-electron chi connectivity index (χ4n) is 6.18. The van der Waals surface area contributed by atoms with Gasteiger partial charge in [0.2, 0.25) is 10.0 Å². The summed E-state index contributed by atoms with van der Waals surface area (Å²) in [5, 5.41) is 12.8. The van der Waals surface area contributed by atoms with E-state index in [1.165, 1.54) is 37.8 Å². The number of rotatable bonds is 10. The molecule has 0 bridgehead atoms. The normalized spacial score (nSPS) is 14.2. The van der Waals surface area contributed by atoms with Gasteiger partial charge in [-0.3, -0.25) is 15.1 Å². The lowest BCUT2D eigenvalue weighted by molar-refractivity contribution is 0.489. The van der Waals surface area contributed by atoms with E-state index in [-0.39, 0.29) is 6.54 Å². The van der Waals surface area contributed by atoms with Gasteiger partial charge in [0, 0.05) is 65.3 Å². The molecule has 1 aromatic carbocycles. The smallest absolute Gasteiger partial charge is 0.209 e. The summed E-state index contributed by atoms with van der Waals surface area (Å²) in [7, 11) is -3.43. The summed E-state index contributed by atoms with van der Waals surface area (Å²) in [5.74, 6) is 0.311. The first kappa shape index (κ1) is 29.2. The van der Waals surface area contributed by atoms with Crippen LogP contribution in [-0.4, -0.2) is 51.4 Å². The number of nitrogens with one attached hydrogen (secondary N) is 4. The van der Waals surface area contributed by atoms with Crippen LogP contribution in [0, 0.1) is 11.7 Å². The largest absolute Gasteiger partial charge is 0.352 e. The summed E-state index contributed by atoms with van der Waals surface area (Å²) in [6.07, 6.45) is 15.3. The van der Waals surface area contributed by atoms with Crippen LogP contribution in [0.15, 0.2) is 67.4 Å². The topological polar surface area (TPSA) is 141 Å². The predicted molar refractivity (Wildman–Crippen MR) is 173 cm³/mol. The molecule has 1 aliphatic carbocycles. The summed E-state index contributed by atoms with van der Waals surface area (Å²) in [4.78, 5) is 16.9. The fourth-order valence-corrected chi connectivity index (χ4v) is 6.61. The van der Waals surface area contributed by atoms with E-state index < -0.39 is 15.8 Å². The molecule has 10 nitrogen and oxygen atoms in total. The quantitative estimate of drug-likeness (QED) is 0.153. The number of benzene rings is 1. The van der Waals surface area contributed by atoms with Crippen LogP contribution >= 0.6 is 0 Å². The molecule has 1 aliphatic rings. The van der Waals surface area contributed by atoms with Gasteiger partial charge in [-0.25, -0.2) is 22.5 Å². The number of aromatic nitrogens is 6.